The number of carbonyl (C=O) groups is 1. The maximum absolute atomic E-state index is 12.5. The molecule has 1 N–H and O–H groups in total. The van der Waals surface area contributed by atoms with Crippen LogP contribution in [0, 0.1) is 18.3 Å². The molecule has 7 heteroatoms. The summed E-state index contributed by atoms with van der Waals surface area (Å²) in [7, 11) is 1.63. The van der Waals surface area contributed by atoms with Crippen molar-refractivity contribution >= 4 is 44.9 Å². The first-order valence-electron chi connectivity index (χ1n) is 9.02. The van der Waals surface area contributed by atoms with Crippen LogP contribution >= 0.6 is 23.1 Å². The topological polar surface area (TPSA) is 75.0 Å². The second-order valence-electron chi connectivity index (χ2n) is 6.64. The number of nitrogens with one attached hydrogen (secondary N) is 1. The molecule has 5 nitrogen and oxygen atoms in total. The first-order valence-corrected chi connectivity index (χ1v) is 10.8. The smallest absolute Gasteiger partial charge is 0.235 e. The van der Waals surface area contributed by atoms with E-state index >= 15 is 0 Å². The van der Waals surface area contributed by atoms with E-state index < -0.39 is 0 Å². The van der Waals surface area contributed by atoms with Gasteiger partial charge in [0, 0.05) is 10.3 Å². The van der Waals surface area contributed by atoms with Gasteiger partial charge in [-0.15, -0.1) is 11.3 Å². The standard InChI is InChI=1S/C21H19N3O2S2/c1-12-9-19(24-20-13(12)5-3-7-16(20)26-2)27-11-18(25)23-21-15(10-22)14-6-4-8-17(14)28-21/h3,5,7,9H,4,6,8,11H2,1-2H3,(H,23,25). The van der Waals surface area contributed by atoms with Crippen LogP contribution in [0.5, 0.6) is 5.75 Å². The summed E-state index contributed by atoms with van der Waals surface area (Å²) in [5, 5.41) is 14.9. The molecule has 2 aromatic heterocycles. The highest BCUT2D eigenvalue weighted by Gasteiger charge is 2.23. The summed E-state index contributed by atoms with van der Waals surface area (Å²) in [6.45, 7) is 2.03. The van der Waals surface area contributed by atoms with Gasteiger partial charge < -0.3 is 10.1 Å². The quantitative estimate of drug-likeness (QED) is 0.618. The number of nitrogens with zero attached hydrogens (tertiary/aromatic N) is 2. The average Bonchev–Trinajstić information content (AvgIpc) is 3.26. The Kier molecular flexibility index (Phi) is 5.25. The number of ether oxygens (including phenoxy) is 1. The molecule has 142 valence electrons. The molecule has 0 bridgehead atoms. The first kappa shape index (κ1) is 18.8. The second-order valence-corrected chi connectivity index (χ2v) is 8.74. The number of rotatable bonds is 5. The van der Waals surface area contributed by atoms with Gasteiger partial charge in [0.15, 0.2) is 0 Å². The summed E-state index contributed by atoms with van der Waals surface area (Å²) in [5.41, 5.74) is 3.65. The molecular formula is C21H19N3O2S2. The van der Waals surface area contributed by atoms with Gasteiger partial charge in [-0.05, 0) is 49.4 Å². The lowest BCUT2D eigenvalue weighted by molar-refractivity contribution is -0.113. The summed E-state index contributed by atoms with van der Waals surface area (Å²) in [6, 6.07) is 10.1. The van der Waals surface area contributed by atoms with Gasteiger partial charge in [-0.3, -0.25) is 4.79 Å². The van der Waals surface area contributed by atoms with Crippen molar-refractivity contribution in [3.05, 3.63) is 45.8 Å². The van der Waals surface area contributed by atoms with Crippen LogP contribution in [-0.2, 0) is 17.6 Å². The van der Waals surface area contributed by atoms with E-state index in [0.717, 1.165) is 52.1 Å². The molecule has 1 amide bonds. The number of thiophene rings is 1. The number of para-hydroxylation sites is 1. The summed E-state index contributed by atoms with van der Waals surface area (Å²) in [5.74, 6) is 0.834. The maximum atomic E-state index is 12.5. The van der Waals surface area contributed by atoms with Gasteiger partial charge >= 0.3 is 0 Å². The van der Waals surface area contributed by atoms with Crippen molar-refractivity contribution in [1.29, 1.82) is 5.26 Å². The molecule has 0 fully saturated rings. The van der Waals surface area contributed by atoms with E-state index in [4.69, 9.17) is 4.74 Å². The second kappa shape index (κ2) is 7.82. The van der Waals surface area contributed by atoms with Crippen LogP contribution in [0.25, 0.3) is 10.9 Å². The molecule has 1 aliphatic carbocycles. The molecule has 0 atom stereocenters. The van der Waals surface area contributed by atoms with Crippen molar-refractivity contribution in [2.24, 2.45) is 0 Å². The zero-order valence-electron chi connectivity index (χ0n) is 15.7. The van der Waals surface area contributed by atoms with Crippen molar-refractivity contribution in [2.75, 3.05) is 18.2 Å². The number of hydrogen-bond donors (Lipinski definition) is 1. The van der Waals surface area contributed by atoms with Crippen molar-refractivity contribution in [1.82, 2.24) is 4.98 Å². The van der Waals surface area contributed by atoms with Crippen LogP contribution in [0.3, 0.4) is 0 Å². The van der Waals surface area contributed by atoms with Gasteiger partial charge in [-0.1, -0.05) is 23.9 Å². The number of aromatic nitrogens is 1. The van der Waals surface area contributed by atoms with E-state index in [0.29, 0.717) is 10.6 Å². The van der Waals surface area contributed by atoms with Crippen LogP contribution in [0.2, 0.25) is 0 Å². The van der Waals surface area contributed by atoms with Crippen LogP contribution in [0.1, 0.15) is 28.0 Å². The summed E-state index contributed by atoms with van der Waals surface area (Å²) >= 11 is 2.92. The highest BCUT2D eigenvalue weighted by atomic mass is 32.2. The Morgan fingerprint density at radius 2 is 2.29 bits per heavy atom. The van der Waals surface area contributed by atoms with Crippen molar-refractivity contribution in [3.8, 4) is 11.8 Å². The molecule has 0 spiro atoms. The molecular weight excluding hydrogens is 390 g/mol. The maximum Gasteiger partial charge on any atom is 0.235 e. The number of hydrogen-bond acceptors (Lipinski definition) is 6. The van der Waals surface area contributed by atoms with Crippen molar-refractivity contribution in [2.45, 2.75) is 31.2 Å². The van der Waals surface area contributed by atoms with E-state index in [2.05, 4.69) is 16.4 Å². The molecule has 0 unspecified atom stereocenters. The lowest BCUT2D eigenvalue weighted by Gasteiger charge is -2.09. The Bertz CT molecular complexity index is 1120. The van der Waals surface area contributed by atoms with E-state index in [9.17, 15) is 10.1 Å². The number of methoxy groups -OCH3 is 1. The van der Waals surface area contributed by atoms with E-state index in [1.165, 1.54) is 28.0 Å². The van der Waals surface area contributed by atoms with Gasteiger partial charge in [0.1, 0.15) is 22.3 Å². The molecule has 0 saturated carbocycles. The predicted octanol–water partition coefficient (Wildman–Crippen LogP) is 4.70. The van der Waals surface area contributed by atoms with Gasteiger partial charge in [0.25, 0.3) is 0 Å². The van der Waals surface area contributed by atoms with Crippen LogP contribution in [-0.4, -0.2) is 23.8 Å². The fourth-order valence-corrected chi connectivity index (χ4v) is 5.54. The number of amides is 1. The number of anilines is 1. The Balaban J connectivity index is 1.49. The third kappa shape index (κ3) is 3.46. The summed E-state index contributed by atoms with van der Waals surface area (Å²) in [4.78, 5) is 18.4. The zero-order chi connectivity index (χ0) is 19.7. The average molecular weight is 410 g/mol. The Hall–Kier alpha value is -2.56. The normalized spacial score (nSPS) is 12.6. The minimum atomic E-state index is -0.124. The van der Waals surface area contributed by atoms with Gasteiger partial charge in [-0.2, -0.15) is 5.26 Å². The lowest BCUT2D eigenvalue weighted by Crippen LogP contribution is -2.14. The Labute approximate surface area is 171 Å². The first-order chi connectivity index (χ1) is 13.6. The number of aryl methyl sites for hydroxylation is 2. The van der Waals surface area contributed by atoms with Crippen molar-refractivity contribution < 1.29 is 9.53 Å². The molecule has 1 aromatic carbocycles. The third-order valence-electron chi connectivity index (χ3n) is 4.84. The lowest BCUT2D eigenvalue weighted by atomic mass is 10.1. The van der Waals surface area contributed by atoms with E-state index in [1.807, 2.05) is 31.2 Å². The minimum Gasteiger partial charge on any atom is -0.494 e. The van der Waals surface area contributed by atoms with Crippen LogP contribution < -0.4 is 10.1 Å². The molecule has 0 saturated heterocycles. The van der Waals surface area contributed by atoms with Crippen molar-refractivity contribution in [3.63, 3.8) is 0 Å². The van der Waals surface area contributed by atoms with Gasteiger partial charge in [-0.25, -0.2) is 4.98 Å². The largest absolute Gasteiger partial charge is 0.494 e. The van der Waals surface area contributed by atoms with E-state index in [-0.39, 0.29) is 11.7 Å². The zero-order valence-corrected chi connectivity index (χ0v) is 17.3. The molecule has 1 aliphatic rings. The monoisotopic (exact) mass is 409 g/mol. The predicted molar refractivity (Wildman–Crippen MR) is 113 cm³/mol. The number of carbonyl (C=O) groups excluding carboxylic acids is 1. The van der Waals surface area contributed by atoms with Gasteiger partial charge in [0.2, 0.25) is 5.91 Å². The number of fused-ring (bicyclic) bond motifs is 2. The van der Waals surface area contributed by atoms with Crippen LogP contribution in [0.4, 0.5) is 5.00 Å². The molecule has 3 aromatic rings. The fraction of sp³-hybridized carbons (Fsp3) is 0.286. The molecule has 2 heterocycles. The van der Waals surface area contributed by atoms with Crippen LogP contribution in [0.15, 0.2) is 29.3 Å². The third-order valence-corrected chi connectivity index (χ3v) is 6.96. The Morgan fingerprint density at radius 1 is 1.43 bits per heavy atom. The Morgan fingerprint density at radius 3 is 3.07 bits per heavy atom. The van der Waals surface area contributed by atoms with E-state index in [1.54, 1.807) is 7.11 Å². The summed E-state index contributed by atoms with van der Waals surface area (Å²) < 4.78 is 5.42. The minimum absolute atomic E-state index is 0.124. The van der Waals surface area contributed by atoms with Gasteiger partial charge in [0.05, 0.1) is 23.5 Å². The molecule has 0 aliphatic heterocycles. The highest BCUT2D eigenvalue weighted by Crippen LogP contribution is 2.38. The number of pyridine rings is 1. The number of benzene rings is 1. The number of thioether (sulfide) groups is 1. The number of nitriles is 1. The summed E-state index contributed by atoms with van der Waals surface area (Å²) in [6.07, 6.45) is 3.03. The molecule has 28 heavy (non-hydrogen) atoms. The fourth-order valence-electron chi connectivity index (χ4n) is 3.51. The SMILES string of the molecule is COc1cccc2c(C)cc(SCC(=O)Nc3sc4c(c3C#N)CCC4)nc12. The highest BCUT2D eigenvalue weighted by molar-refractivity contribution is 7.99. The molecule has 0 radical (unpaired) electrons. The molecule has 4 rings (SSSR count).